The van der Waals surface area contributed by atoms with Gasteiger partial charge in [-0.2, -0.15) is 0 Å². The average Bonchev–Trinajstić information content (AvgIpc) is 2.26. The number of carbonyl (C=O) groups is 1. The van der Waals surface area contributed by atoms with E-state index < -0.39 is 0 Å². The molecule has 1 aromatic carbocycles. The lowest BCUT2D eigenvalue weighted by Crippen LogP contribution is -1.99. The number of fused-ring (bicyclic) bond motifs is 1. The first kappa shape index (κ1) is 9.20. The third kappa shape index (κ3) is 1.77. The fourth-order valence-electron chi connectivity index (χ4n) is 1.97. The van der Waals surface area contributed by atoms with Crippen LogP contribution in [0, 0.1) is 0 Å². The van der Waals surface area contributed by atoms with E-state index in [9.17, 15) is 4.79 Å². The van der Waals surface area contributed by atoms with Gasteiger partial charge in [0.05, 0.1) is 0 Å². The Hall–Kier alpha value is -1.37. The molecule has 0 heterocycles. The summed E-state index contributed by atoms with van der Waals surface area (Å²) in [6.07, 6.45) is 9.18. The van der Waals surface area contributed by atoms with Crippen LogP contribution in [0.15, 0.2) is 24.3 Å². The van der Waals surface area contributed by atoms with Gasteiger partial charge in [-0.3, -0.25) is 0 Å². The number of hydrogen-bond acceptors (Lipinski definition) is 1. The molecule has 0 N–H and O–H groups in total. The van der Waals surface area contributed by atoms with Crippen LogP contribution in [0.1, 0.15) is 29.5 Å². The molecule has 14 heavy (non-hydrogen) atoms. The molecule has 0 unspecified atom stereocenters. The number of carbonyl (C=O) groups excluding carboxylic acids is 1. The van der Waals surface area contributed by atoms with Gasteiger partial charge in [0.1, 0.15) is 6.29 Å². The Bertz CT molecular complexity index is 363. The predicted molar refractivity (Wildman–Crippen MR) is 58.2 cm³/mol. The fraction of sp³-hybridized carbons (Fsp3) is 0.308. The smallest absolute Gasteiger partial charge is 0.120 e. The van der Waals surface area contributed by atoms with Crippen molar-refractivity contribution in [3.63, 3.8) is 0 Å². The summed E-state index contributed by atoms with van der Waals surface area (Å²) in [7, 11) is 0. The number of allylic oxidation sites excluding steroid dienone is 1. The van der Waals surface area contributed by atoms with Gasteiger partial charge in [0, 0.05) is 6.42 Å². The first-order valence-corrected chi connectivity index (χ1v) is 5.13. The molecule has 0 saturated carbocycles. The molecular weight excluding hydrogens is 172 g/mol. The van der Waals surface area contributed by atoms with Crippen LogP contribution in [-0.2, 0) is 17.6 Å². The summed E-state index contributed by atoms with van der Waals surface area (Å²) in [5.74, 6) is 0. The van der Waals surface area contributed by atoms with E-state index in [1.54, 1.807) is 0 Å². The molecule has 1 heteroatoms. The van der Waals surface area contributed by atoms with E-state index in [0.717, 1.165) is 25.5 Å². The molecule has 1 aliphatic carbocycles. The largest absolute Gasteiger partial charge is 0.303 e. The van der Waals surface area contributed by atoms with Crippen molar-refractivity contribution in [2.24, 2.45) is 0 Å². The molecular formula is C13H14O. The molecule has 0 saturated heterocycles. The van der Waals surface area contributed by atoms with Crippen LogP contribution in [-0.4, -0.2) is 6.29 Å². The van der Waals surface area contributed by atoms with Gasteiger partial charge in [-0.05, 0) is 36.0 Å². The normalized spacial score (nSPS) is 13.7. The van der Waals surface area contributed by atoms with Gasteiger partial charge < -0.3 is 4.79 Å². The van der Waals surface area contributed by atoms with Crippen molar-refractivity contribution in [1.29, 1.82) is 0 Å². The van der Waals surface area contributed by atoms with Gasteiger partial charge in [0.25, 0.3) is 0 Å². The average molecular weight is 186 g/mol. The molecule has 0 radical (unpaired) electrons. The van der Waals surface area contributed by atoms with Gasteiger partial charge in [0.2, 0.25) is 0 Å². The molecule has 72 valence electrons. The summed E-state index contributed by atoms with van der Waals surface area (Å²) in [5.41, 5.74) is 4.09. The molecule has 2 rings (SSSR count). The molecule has 1 nitrogen and oxygen atoms in total. The fourth-order valence-corrected chi connectivity index (χ4v) is 1.97. The summed E-state index contributed by atoms with van der Waals surface area (Å²) in [4.78, 5) is 10.3. The van der Waals surface area contributed by atoms with Crippen LogP contribution in [0.3, 0.4) is 0 Å². The summed E-state index contributed by atoms with van der Waals surface area (Å²) in [5, 5.41) is 0. The van der Waals surface area contributed by atoms with Gasteiger partial charge in [-0.1, -0.05) is 30.4 Å². The number of aldehydes is 1. The minimum Gasteiger partial charge on any atom is -0.303 e. The zero-order valence-electron chi connectivity index (χ0n) is 8.20. The molecule has 0 amide bonds. The van der Waals surface area contributed by atoms with E-state index in [4.69, 9.17) is 0 Å². The highest BCUT2D eigenvalue weighted by molar-refractivity contribution is 5.61. The van der Waals surface area contributed by atoms with Crippen LogP contribution in [0.4, 0.5) is 0 Å². The summed E-state index contributed by atoms with van der Waals surface area (Å²) in [6.45, 7) is 0. The van der Waals surface area contributed by atoms with Crippen molar-refractivity contribution in [2.75, 3.05) is 0 Å². The second kappa shape index (κ2) is 4.23. The van der Waals surface area contributed by atoms with Crippen molar-refractivity contribution < 1.29 is 4.79 Å². The maximum Gasteiger partial charge on any atom is 0.120 e. The second-order valence-corrected chi connectivity index (χ2v) is 3.64. The van der Waals surface area contributed by atoms with E-state index >= 15 is 0 Å². The highest BCUT2D eigenvalue weighted by atomic mass is 16.1. The summed E-state index contributed by atoms with van der Waals surface area (Å²) < 4.78 is 0. The molecule has 0 fully saturated rings. The van der Waals surface area contributed by atoms with Crippen molar-refractivity contribution in [3.8, 4) is 0 Å². The Morgan fingerprint density at radius 1 is 1.36 bits per heavy atom. The monoisotopic (exact) mass is 186 g/mol. The van der Waals surface area contributed by atoms with Gasteiger partial charge in [-0.25, -0.2) is 0 Å². The predicted octanol–water partition coefficient (Wildman–Crippen LogP) is 2.78. The Balaban J connectivity index is 2.32. The topological polar surface area (TPSA) is 17.1 Å². The number of aryl methyl sites for hydroxylation is 2. The van der Waals surface area contributed by atoms with E-state index in [1.807, 2.05) is 0 Å². The van der Waals surface area contributed by atoms with Gasteiger partial charge in [-0.15, -0.1) is 0 Å². The molecule has 0 atom stereocenters. The third-order valence-electron chi connectivity index (χ3n) is 2.68. The van der Waals surface area contributed by atoms with E-state index in [1.165, 1.54) is 16.7 Å². The highest BCUT2D eigenvalue weighted by Crippen LogP contribution is 2.23. The maximum absolute atomic E-state index is 10.3. The number of hydrogen-bond donors (Lipinski definition) is 0. The zero-order chi connectivity index (χ0) is 9.80. The standard InChI is InChI=1S/C13H14O/c14-10-4-8-12-7-3-6-11-5-1-2-9-13(11)12/h2-3,6-7,9-10H,1,4-5,8H2. The maximum atomic E-state index is 10.3. The van der Waals surface area contributed by atoms with E-state index in [2.05, 4.69) is 30.4 Å². The van der Waals surface area contributed by atoms with E-state index in [-0.39, 0.29) is 0 Å². The molecule has 0 aliphatic heterocycles. The van der Waals surface area contributed by atoms with Crippen molar-refractivity contribution in [3.05, 3.63) is 41.0 Å². The number of benzene rings is 1. The first-order valence-electron chi connectivity index (χ1n) is 5.13. The van der Waals surface area contributed by atoms with Crippen LogP contribution in [0.25, 0.3) is 6.08 Å². The molecule has 1 aromatic rings. The zero-order valence-corrected chi connectivity index (χ0v) is 8.20. The Morgan fingerprint density at radius 2 is 2.29 bits per heavy atom. The second-order valence-electron chi connectivity index (χ2n) is 3.64. The minimum absolute atomic E-state index is 0.629. The first-order chi connectivity index (χ1) is 6.92. The molecule has 0 aromatic heterocycles. The molecule has 0 bridgehead atoms. The van der Waals surface area contributed by atoms with Crippen LogP contribution in [0.2, 0.25) is 0 Å². The highest BCUT2D eigenvalue weighted by Gasteiger charge is 2.07. The van der Waals surface area contributed by atoms with Crippen LogP contribution in [0.5, 0.6) is 0 Å². The molecule has 0 spiro atoms. The van der Waals surface area contributed by atoms with E-state index in [0.29, 0.717) is 6.42 Å². The lowest BCUT2D eigenvalue weighted by molar-refractivity contribution is -0.107. The Kier molecular flexibility index (Phi) is 2.78. The van der Waals surface area contributed by atoms with Crippen LogP contribution < -0.4 is 0 Å². The molecule has 1 aliphatic rings. The quantitative estimate of drug-likeness (QED) is 0.663. The van der Waals surface area contributed by atoms with Crippen molar-refractivity contribution >= 4 is 12.4 Å². The lowest BCUT2D eigenvalue weighted by atomic mass is 9.91. The Labute approximate surface area is 84.5 Å². The minimum atomic E-state index is 0.629. The number of rotatable bonds is 3. The van der Waals surface area contributed by atoms with Gasteiger partial charge in [0.15, 0.2) is 0 Å². The van der Waals surface area contributed by atoms with Crippen molar-refractivity contribution in [2.45, 2.75) is 25.7 Å². The van der Waals surface area contributed by atoms with Gasteiger partial charge >= 0.3 is 0 Å². The van der Waals surface area contributed by atoms with Crippen molar-refractivity contribution in [1.82, 2.24) is 0 Å². The third-order valence-corrected chi connectivity index (χ3v) is 2.68. The Morgan fingerprint density at radius 3 is 3.14 bits per heavy atom. The summed E-state index contributed by atoms with van der Waals surface area (Å²) in [6, 6.07) is 6.40. The lowest BCUT2D eigenvalue weighted by Gasteiger charge is -2.13. The summed E-state index contributed by atoms with van der Waals surface area (Å²) >= 11 is 0. The van der Waals surface area contributed by atoms with Crippen LogP contribution >= 0.6 is 0 Å². The SMILES string of the molecule is O=CCCc1cccc2c1C=CCC2.